The third-order valence-corrected chi connectivity index (χ3v) is 3.85. The molecule has 0 heterocycles. The van der Waals surface area contributed by atoms with E-state index in [2.05, 4.69) is 0 Å². The molecule has 1 atom stereocenters. The van der Waals surface area contributed by atoms with Gasteiger partial charge in [0.15, 0.2) is 0 Å². The Morgan fingerprint density at radius 3 is 2.28 bits per heavy atom. The molecular formula is C13H21NO3S. The van der Waals surface area contributed by atoms with Crippen molar-refractivity contribution in [3.8, 4) is 5.75 Å². The van der Waals surface area contributed by atoms with Crippen molar-refractivity contribution in [2.24, 2.45) is 11.1 Å². The molecule has 0 bridgehead atoms. The van der Waals surface area contributed by atoms with Crippen molar-refractivity contribution in [2.45, 2.75) is 27.2 Å². The second-order valence-electron chi connectivity index (χ2n) is 4.64. The number of para-hydroxylation sites is 1. The minimum absolute atomic E-state index is 0.0333. The van der Waals surface area contributed by atoms with E-state index >= 15 is 0 Å². The van der Waals surface area contributed by atoms with Gasteiger partial charge in [0.2, 0.25) is 10.0 Å². The van der Waals surface area contributed by atoms with Gasteiger partial charge < -0.3 is 4.74 Å². The Bertz CT molecular complexity index is 477. The second kappa shape index (κ2) is 6.20. The lowest BCUT2D eigenvalue weighted by Gasteiger charge is -2.17. The first kappa shape index (κ1) is 15.0. The molecule has 1 rings (SSSR count). The first-order valence-corrected chi connectivity index (χ1v) is 7.74. The van der Waals surface area contributed by atoms with Gasteiger partial charge in [-0.1, -0.05) is 25.1 Å². The van der Waals surface area contributed by atoms with Crippen LogP contribution in [0.3, 0.4) is 0 Å². The number of primary sulfonamides is 1. The molecule has 0 spiro atoms. The smallest absolute Gasteiger partial charge is 0.209 e. The maximum Gasteiger partial charge on any atom is 0.209 e. The molecule has 0 amide bonds. The van der Waals surface area contributed by atoms with Crippen LogP contribution >= 0.6 is 0 Å². The van der Waals surface area contributed by atoms with Gasteiger partial charge in [-0.15, -0.1) is 0 Å². The predicted molar refractivity (Wildman–Crippen MR) is 73.2 cm³/mol. The number of nitrogens with two attached hydrogens (primary N) is 1. The third kappa shape index (κ3) is 4.66. The van der Waals surface area contributed by atoms with E-state index in [1.54, 1.807) is 0 Å². The van der Waals surface area contributed by atoms with Crippen LogP contribution in [-0.4, -0.2) is 20.8 Å². The number of ether oxygens (including phenoxy) is 1. The molecule has 0 radical (unpaired) electrons. The molecule has 2 N–H and O–H groups in total. The lowest BCUT2D eigenvalue weighted by atomic mass is 10.1. The van der Waals surface area contributed by atoms with Crippen molar-refractivity contribution >= 4 is 10.0 Å². The first-order chi connectivity index (χ1) is 8.33. The van der Waals surface area contributed by atoms with Crippen LogP contribution in [-0.2, 0) is 10.0 Å². The van der Waals surface area contributed by atoms with Crippen molar-refractivity contribution in [1.82, 2.24) is 0 Å². The summed E-state index contributed by atoms with van der Waals surface area (Å²) in [5.41, 5.74) is 2.11. The SMILES string of the molecule is CCC(COc1c(C)cccc1C)CS(N)(=O)=O. The molecule has 102 valence electrons. The molecule has 1 aromatic rings. The molecule has 1 unspecified atom stereocenters. The van der Waals surface area contributed by atoms with E-state index in [0.717, 1.165) is 23.3 Å². The summed E-state index contributed by atoms with van der Waals surface area (Å²) >= 11 is 0. The Hall–Kier alpha value is -1.07. The number of hydrogen-bond acceptors (Lipinski definition) is 3. The molecule has 0 saturated heterocycles. The summed E-state index contributed by atoms with van der Waals surface area (Å²) in [7, 11) is -3.44. The summed E-state index contributed by atoms with van der Waals surface area (Å²) in [5.74, 6) is 0.735. The summed E-state index contributed by atoms with van der Waals surface area (Å²) in [5, 5.41) is 5.06. The minimum atomic E-state index is -3.44. The van der Waals surface area contributed by atoms with E-state index in [1.165, 1.54) is 0 Å². The van der Waals surface area contributed by atoms with E-state index in [1.807, 2.05) is 39.0 Å². The van der Waals surface area contributed by atoms with Gasteiger partial charge in [-0.25, -0.2) is 13.6 Å². The summed E-state index contributed by atoms with van der Waals surface area (Å²) in [6, 6.07) is 5.92. The zero-order valence-electron chi connectivity index (χ0n) is 11.1. The Morgan fingerprint density at radius 2 is 1.83 bits per heavy atom. The van der Waals surface area contributed by atoms with E-state index in [9.17, 15) is 8.42 Å². The molecule has 0 aliphatic rings. The van der Waals surface area contributed by atoms with Gasteiger partial charge in [0.25, 0.3) is 0 Å². The zero-order valence-corrected chi connectivity index (χ0v) is 12.0. The number of benzene rings is 1. The number of rotatable bonds is 6. The fourth-order valence-electron chi connectivity index (χ4n) is 1.84. The van der Waals surface area contributed by atoms with Crippen LogP contribution in [0.5, 0.6) is 5.75 Å². The second-order valence-corrected chi connectivity index (χ2v) is 6.29. The minimum Gasteiger partial charge on any atom is -0.493 e. The van der Waals surface area contributed by atoms with Gasteiger partial charge in [0.05, 0.1) is 12.4 Å². The Balaban J connectivity index is 2.69. The van der Waals surface area contributed by atoms with Crippen molar-refractivity contribution in [1.29, 1.82) is 0 Å². The largest absolute Gasteiger partial charge is 0.493 e. The fourth-order valence-corrected chi connectivity index (χ4v) is 2.83. The molecule has 18 heavy (non-hydrogen) atoms. The molecule has 5 heteroatoms. The lowest BCUT2D eigenvalue weighted by Crippen LogP contribution is -2.26. The highest BCUT2D eigenvalue weighted by Crippen LogP contribution is 2.23. The van der Waals surface area contributed by atoms with Crippen molar-refractivity contribution in [2.75, 3.05) is 12.4 Å². The highest BCUT2D eigenvalue weighted by molar-refractivity contribution is 7.89. The summed E-state index contributed by atoms with van der Waals surface area (Å²) in [6.45, 7) is 6.26. The molecule has 0 saturated carbocycles. The number of aryl methyl sites for hydroxylation is 2. The van der Waals surface area contributed by atoms with Crippen LogP contribution in [0.25, 0.3) is 0 Å². The van der Waals surface area contributed by atoms with Gasteiger partial charge >= 0.3 is 0 Å². The molecule has 4 nitrogen and oxygen atoms in total. The molecular weight excluding hydrogens is 250 g/mol. The van der Waals surface area contributed by atoms with Gasteiger partial charge in [-0.05, 0) is 31.4 Å². The lowest BCUT2D eigenvalue weighted by molar-refractivity contribution is 0.254. The standard InChI is InChI=1S/C13H21NO3S/c1-4-12(9-18(14,15)16)8-17-13-10(2)6-5-7-11(13)3/h5-7,12H,4,8-9H2,1-3H3,(H2,14,15,16). The quantitative estimate of drug-likeness (QED) is 0.860. The normalized spacial score (nSPS) is 13.3. The zero-order chi connectivity index (χ0) is 13.8. The average molecular weight is 271 g/mol. The topological polar surface area (TPSA) is 69.4 Å². The van der Waals surface area contributed by atoms with Crippen LogP contribution < -0.4 is 9.88 Å². The van der Waals surface area contributed by atoms with E-state index in [4.69, 9.17) is 9.88 Å². The van der Waals surface area contributed by atoms with Gasteiger partial charge in [-0.2, -0.15) is 0 Å². The third-order valence-electron chi connectivity index (χ3n) is 2.92. The van der Waals surface area contributed by atoms with E-state index in [-0.39, 0.29) is 11.7 Å². The summed E-state index contributed by atoms with van der Waals surface area (Å²) in [6.07, 6.45) is 0.724. The molecule has 0 aromatic heterocycles. The van der Waals surface area contributed by atoms with Crippen LogP contribution in [0.2, 0.25) is 0 Å². The monoisotopic (exact) mass is 271 g/mol. The Kier molecular flexibility index (Phi) is 5.16. The van der Waals surface area contributed by atoms with Crippen molar-refractivity contribution < 1.29 is 13.2 Å². The Labute approximate surface area is 109 Å². The first-order valence-electron chi connectivity index (χ1n) is 6.03. The van der Waals surface area contributed by atoms with Gasteiger partial charge in [-0.3, -0.25) is 0 Å². The molecule has 0 aliphatic heterocycles. The maximum atomic E-state index is 11.1. The summed E-state index contributed by atoms with van der Waals surface area (Å²) < 4.78 is 27.9. The van der Waals surface area contributed by atoms with Crippen molar-refractivity contribution in [3.05, 3.63) is 29.3 Å². The number of hydrogen-bond donors (Lipinski definition) is 1. The Morgan fingerprint density at radius 1 is 1.28 bits per heavy atom. The van der Waals surface area contributed by atoms with Crippen LogP contribution in [0.4, 0.5) is 0 Å². The van der Waals surface area contributed by atoms with Crippen molar-refractivity contribution in [3.63, 3.8) is 0 Å². The summed E-state index contributed by atoms with van der Waals surface area (Å²) in [4.78, 5) is 0. The maximum absolute atomic E-state index is 11.1. The molecule has 0 fully saturated rings. The van der Waals surface area contributed by atoms with Gasteiger partial charge in [0, 0.05) is 5.92 Å². The number of sulfonamides is 1. The predicted octanol–water partition coefficient (Wildman–Crippen LogP) is 2.00. The highest BCUT2D eigenvalue weighted by Gasteiger charge is 2.15. The highest BCUT2D eigenvalue weighted by atomic mass is 32.2. The van der Waals surface area contributed by atoms with Gasteiger partial charge in [0.1, 0.15) is 5.75 Å². The molecule has 0 aliphatic carbocycles. The molecule has 1 aromatic carbocycles. The van der Waals surface area contributed by atoms with E-state index < -0.39 is 10.0 Å². The average Bonchev–Trinajstić information content (AvgIpc) is 2.25. The van der Waals surface area contributed by atoms with Crippen LogP contribution in [0.1, 0.15) is 24.5 Å². The van der Waals surface area contributed by atoms with E-state index in [0.29, 0.717) is 6.61 Å². The fraction of sp³-hybridized carbons (Fsp3) is 0.538. The van der Waals surface area contributed by atoms with Crippen LogP contribution in [0, 0.1) is 19.8 Å². The van der Waals surface area contributed by atoms with Crippen LogP contribution in [0.15, 0.2) is 18.2 Å².